The molecule has 0 saturated heterocycles. The normalized spacial score (nSPS) is 35.6. The van der Waals surface area contributed by atoms with E-state index in [2.05, 4.69) is 27.2 Å². The third-order valence-electron chi connectivity index (χ3n) is 1.98. The lowest BCUT2D eigenvalue weighted by Crippen LogP contribution is -2.04. The van der Waals surface area contributed by atoms with Gasteiger partial charge in [-0.25, -0.2) is 0 Å². The van der Waals surface area contributed by atoms with Gasteiger partial charge in [0.25, 0.3) is 0 Å². The SMILES string of the molecule is CC1[CH]C(C)(C)CC1. The van der Waals surface area contributed by atoms with Crippen molar-refractivity contribution in [2.24, 2.45) is 11.3 Å². The molecule has 8 heavy (non-hydrogen) atoms. The molecule has 1 saturated carbocycles. The second kappa shape index (κ2) is 1.75. The standard InChI is InChI=1S/C8H15/c1-7-4-5-8(2,3)6-7/h6-7H,4-5H2,1-3H3. The summed E-state index contributed by atoms with van der Waals surface area (Å²) in [5.74, 6) is 0.866. The van der Waals surface area contributed by atoms with Crippen molar-refractivity contribution >= 4 is 0 Å². The zero-order chi connectivity index (χ0) is 6.20. The van der Waals surface area contributed by atoms with Gasteiger partial charge in [0.1, 0.15) is 0 Å². The van der Waals surface area contributed by atoms with Crippen LogP contribution in [-0.4, -0.2) is 0 Å². The van der Waals surface area contributed by atoms with Crippen molar-refractivity contribution in [1.82, 2.24) is 0 Å². The van der Waals surface area contributed by atoms with Crippen LogP contribution >= 0.6 is 0 Å². The molecule has 0 aliphatic heterocycles. The van der Waals surface area contributed by atoms with Crippen LogP contribution in [-0.2, 0) is 0 Å². The predicted molar refractivity (Wildman–Crippen MR) is 36.5 cm³/mol. The predicted octanol–water partition coefficient (Wildman–Crippen LogP) is 2.65. The van der Waals surface area contributed by atoms with Crippen LogP contribution in [0.15, 0.2) is 0 Å². The fourth-order valence-electron chi connectivity index (χ4n) is 1.54. The van der Waals surface area contributed by atoms with E-state index in [1.807, 2.05) is 0 Å². The van der Waals surface area contributed by atoms with Crippen molar-refractivity contribution in [2.75, 3.05) is 0 Å². The van der Waals surface area contributed by atoms with Crippen LogP contribution < -0.4 is 0 Å². The Morgan fingerprint density at radius 1 is 1.50 bits per heavy atom. The maximum Gasteiger partial charge on any atom is -0.0301 e. The minimum absolute atomic E-state index is 0.541. The Morgan fingerprint density at radius 3 is 2.25 bits per heavy atom. The van der Waals surface area contributed by atoms with Crippen molar-refractivity contribution < 1.29 is 0 Å². The van der Waals surface area contributed by atoms with Crippen LogP contribution in [0, 0.1) is 17.8 Å². The first-order valence-corrected chi connectivity index (χ1v) is 3.46. The lowest BCUT2D eigenvalue weighted by Gasteiger charge is -2.14. The molecular formula is C8H15. The van der Waals surface area contributed by atoms with Crippen LogP contribution in [0.1, 0.15) is 33.6 Å². The zero-order valence-electron chi connectivity index (χ0n) is 6.07. The second-order valence-corrected chi connectivity index (χ2v) is 3.67. The Bertz CT molecular complexity index is 82.0. The fraction of sp³-hybridized carbons (Fsp3) is 0.875. The summed E-state index contributed by atoms with van der Waals surface area (Å²) in [6.07, 6.45) is 5.24. The average molecular weight is 111 g/mol. The third-order valence-corrected chi connectivity index (χ3v) is 1.98. The molecule has 0 aromatic rings. The Balaban J connectivity index is 2.44. The van der Waals surface area contributed by atoms with Gasteiger partial charge in [-0.05, 0) is 30.6 Å². The molecule has 0 heteroatoms. The molecule has 0 nitrogen and oxygen atoms in total. The highest BCUT2D eigenvalue weighted by atomic mass is 14.3. The lowest BCUT2D eigenvalue weighted by molar-refractivity contribution is 0.455. The molecule has 1 atom stereocenters. The van der Waals surface area contributed by atoms with Gasteiger partial charge in [0.15, 0.2) is 0 Å². The summed E-state index contributed by atoms with van der Waals surface area (Å²) in [6.45, 7) is 6.93. The molecule has 47 valence electrons. The molecule has 0 spiro atoms. The summed E-state index contributed by atoms with van der Waals surface area (Å²) in [4.78, 5) is 0. The van der Waals surface area contributed by atoms with Gasteiger partial charge >= 0.3 is 0 Å². The van der Waals surface area contributed by atoms with Crippen molar-refractivity contribution in [3.05, 3.63) is 6.42 Å². The van der Waals surface area contributed by atoms with Crippen molar-refractivity contribution in [3.8, 4) is 0 Å². The first kappa shape index (κ1) is 6.12. The molecule has 0 heterocycles. The Morgan fingerprint density at radius 2 is 2.12 bits per heavy atom. The third kappa shape index (κ3) is 1.24. The van der Waals surface area contributed by atoms with Crippen LogP contribution in [0.25, 0.3) is 0 Å². The molecular weight excluding hydrogens is 96.1 g/mol. The molecule has 1 aliphatic carbocycles. The fourth-order valence-corrected chi connectivity index (χ4v) is 1.54. The zero-order valence-corrected chi connectivity index (χ0v) is 6.07. The first-order valence-electron chi connectivity index (χ1n) is 3.46. The highest BCUT2D eigenvalue weighted by molar-refractivity contribution is 4.95. The van der Waals surface area contributed by atoms with E-state index >= 15 is 0 Å². The summed E-state index contributed by atoms with van der Waals surface area (Å²) in [5.41, 5.74) is 0.541. The lowest BCUT2D eigenvalue weighted by atomic mass is 9.91. The van der Waals surface area contributed by atoms with Gasteiger partial charge in [0.05, 0.1) is 0 Å². The van der Waals surface area contributed by atoms with Crippen LogP contribution in [0.2, 0.25) is 0 Å². The molecule has 0 bridgehead atoms. The van der Waals surface area contributed by atoms with Crippen molar-refractivity contribution in [2.45, 2.75) is 33.6 Å². The minimum Gasteiger partial charge on any atom is -0.0622 e. The van der Waals surface area contributed by atoms with Crippen LogP contribution in [0.4, 0.5) is 0 Å². The van der Waals surface area contributed by atoms with E-state index in [0.29, 0.717) is 5.41 Å². The van der Waals surface area contributed by atoms with E-state index in [1.54, 1.807) is 0 Å². The molecule has 0 N–H and O–H groups in total. The maximum atomic E-state index is 2.47. The van der Waals surface area contributed by atoms with E-state index in [0.717, 1.165) is 5.92 Å². The molecule has 1 rings (SSSR count). The Hall–Kier alpha value is 0. The van der Waals surface area contributed by atoms with Crippen LogP contribution in [0.5, 0.6) is 0 Å². The van der Waals surface area contributed by atoms with Gasteiger partial charge in [-0.2, -0.15) is 0 Å². The van der Waals surface area contributed by atoms with E-state index in [4.69, 9.17) is 0 Å². The Kier molecular flexibility index (Phi) is 1.34. The summed E-state index contributed by atoms with van der Waals surface area (Å²) >= 11 is 0. The monoisotopic (exact) mass is 111 g/mol. The van der Waals surface area contributed by atoms with Crippen molar-refractivity contribution in [1.29, 1.82) is 0 Å². The molecule has 1 radical (unpaired) electrons. The van der Waals surface area contributed by atoms with Gasteiger partial charge in [0, 0.05) is 0 Å². The minimum atomic E-state index is 0.541. The quantitative estimate of drug-likeness (QED) is 0.451. The van der Waals surface area contributed by atoms with Gasteiger partial charge in [-0.1, -0.05) is 20.8 Å². The second-order valence-electron chi connectivity index (χ2n) is 3.67. The Labute approximate surface area is 52.3 Å². The number of hydrogen-bond donors (Lipinski definition) is 0. The summed E-state index contributed by atoms with van der Waals surface area (Å²) in [7, 11) is 0. The smallest absolute Gasteiger partial charge is 0.0301 e. The highest BCUT2D eigenvalue weighted by Crippen LogP contribution is 2.39. The van der Waals surface area contributed by atoms with Gasteiger partial charge in [0.2, 0.25) is 0 Å². The van der Waals surface area contributed by atoms with E-state index in [1.165, 1.54) is 12.8 Å². The van der Waals surface area contributed by atoms with E-state index in [-0.39, 0.29) is 0 Å². The number of hydrogen-bond acceptors (Lipinski definition) is 0. The largest absolute Gasteiger partial charge is 0.0622 e. The summed E-state index contributed by atoms with van der Waals surface area (Å²) < 4.78 is 0. The van der Waals surface area contributed by atoms with Gasteiger partial charge in [-0.15, -0.1) is 0 Å². The van der Waals surface area contributed by atoms with Gasteiger partial charge < -0.3 is 0 Å². The van der Waals surface area contributed by atoms with Crippen molar-refractivity contribution in [3.63, 3.8) is 0 Å². The topological polar surface area (TPSA) is 0 Å². The molecule has 1 unspecified atom stereocenters. The molecule has 1 fully saturated rings. The highest BCUT2D eigenvalue weighted by Gasteiger charge is 2.27. The summed E-state index contributed by atoms with van der Waals surface area (Å²) in [6, 6.07) is 0. The van der Waals surface area contributed by atoms with Gasteiger partial charge in [-0.3, -0.25) is 0 Å². The van der Waals surface area contributed by atoms with E-state index < -0.39 is 0 Å². The molecule has 0 amide bonds. The van der Waals surface area contributed by atoms with Crippen LogP contribution in [0.3, 0.4) is 0 Å². The molecule has 0 aromatic carbocycles. The average Bonchev–Trinajstić information content (AvgIpc) is 1.82. The molecule has 0 aromatic heterocycles. The summed E-state index contributed by atoms with van der Waals surface area (Å²) in [5, 5.41) is 0. The maximum absolute atomic E-state index is 2.47. The molecule has 1 aliphatic rings. The van der Waals surface area contributed by atoms with E-state index in [9.17, 15) is 0 Å². The number of rotatable bonds is 0. The first-order chi connectivity index (χ1) is 3.60.